The quantitative estimate of drug-likeness (QED) is 0.497. The number of Topliss-reactive ketones (excluding diaryl/α,β-unsaturated/α-hetero) is 1. The van der Waals surface area contributed by atoms with Crippen LogP contribution in [0.15, 0.2) is 23.2 Å². The highest BCUT2D eigenvalue weighted by Crippen LogP contribution is 2.25. The second-order valence-electron chi connectivity index (χ2n) is 4.18. The highest BCUT2D eigenvalue weighted by Gasteiger charge is 2.09. The monoisotopic (exact) mass is 294 g/mol. The first-order chi connectivity index (χ1) is 9.62. The molecule has 110 valence electrons. The third-order valence-corrected chi connectivity index (χ3v) is 3.68. The summed E-state index contributed by atoms with van der Waals surface area (Å²) in [6, 6.07) is 5.53. The molecule has 0 bridgehead atoms. The Hall–Kier alpha value is -1.49. The second-order valence-corrected chi connectivity index (χ2v) is 5.15. The molecule has 0 aliphatic carbocycles. The van der Waals surface area contributed by atoms with Gasteiger partial charge >= 0.3 is 0 Å². The van der Waals surface area contributed by atoms with Gasteiger partial charge in [0.25, 0.3) is 0 Å². The molecule has 4 nitrogen and oxygen atoms in total. The summed E-state index contributed by atoms with van der Waals surface area (Å²) in [7, 11) is 1.64. The van der Waals surface area contributed by atoms with E-state index in [1.807, 2.05) is 26.0 Å². The molecule has 0 saturated carbocycles. The molecule has 0 aliphatic heterocycles. The molecule has 0 spiro atoms. The zero-order chi connectivity index (χ0) is 15.0. The number of benzene rings is 1. The van der Waals surface area contributed by atoms with Crippen molar-refractivity contribution in [3.63, 3.8) is 0 Å². The number of thioether (sulfide) groups is 1. The predicted molar refractivity (Wildman–Crippen MR) is 85.9 cm³/mol. The summed E-state index contributed by atoms with van der Waals surface area (Å²) in [5.41, 5.74) is 1.71. The van der Waals surface area contributed by atoms with Crippen molar-refractivity contribution >= 4 is 22.7 Å². The van der Waals surface area contributed by atoms with E-state index < -0.39 is 0 Å². The predicted octanol–water partition coefficient (Wildman–Crippen LogP) is 3.12. The molecule has 0 amide bonds. The van der Waals surface area contributed by atoms with E-state index in [9.17, 15) is 4.79 Å². The molecular weight excluding hydrogens is 272 g/mol. The van der Waals surface area contributed by atoms with Gasteiger partial charge in [-0.15, -0.1) is 0 Å². The van der Waals surface area contributed by atoms with Crippen molar-refractivity contribution in [2.45, 2.75) is 26.5 Å². The number of ether oxygens (including phenoxy) is 1. The van der Waals surface area contributed by atoms with Gasteiger partial charge in [0.15, 0.2) is 11.0 Å². The van der Waals surface area contributed by atoms with E-state index in [0.717, 1.165) is 35.3 Å². The van der Waals surface area contributed by atoms with Crippen LogP contribution in [-0.4, -0.2) is 31.2 Å². The van der Waals surface area contributed by atoms with Gasteiger partial charge in [-0.2, -0.15) is 0 Å². The van der Waals surface area contributed by atoms with Gasteiger partial charge in [0.2, 0.25) is 0 Å². The van der Waals surface area contributed by atoms with E-state index in [4.69, 9.17) is 4.74 Å². The molecule has 0 unspecified atom stereocenters. The van der Waals surface area contributed by atoms with Gasteiger partial charge in [0, 0.05) is 30.0 Å². The summed E-state index contributed by atoms with van der Waals surface area (Å²) in [6.45, 7) is 7.22. The maximum atomic E-state index is 11.5. The van der Waals surface area contributed by atoms with Gasteiger partial charge in [-0.05, 0) is 39.0 Å². The molecule has 1 aromatic carbocycles. The SMILES string of the molecule is CCN=C(NCC)SCc1cc(C(C)=O)ccc1OC. The number of hydrogen-bond donors (Lipinski definition) is 1. The van der Waals surface area contributed by atoms with E-state index in [1.54, 1.807) is 31.9 Å². The zero-order valence-electron chi connectivity index (χ0n) is 12.5. The summed E-state index contributed by atoms with van der Waals surface area (Å²) in [5.74, 6) is 1.58. The molecule has 0 aliphatic rings. The Morgan fingerprint density at radius 1 is 1.40 bits per heavy atom. The minimum Gasteiger partial charge on any atom is -0.496 e. The number of ketones is 1. The van der Waals surface area contributed by atoms with E-state index in [1.165, 1.54) is 0 Å². The molecule has 5 heteroatoms. The van der Waals surface area contributed by atoms with E-state index in [0.29, 0.717) is 5.56 Å². The van der Waals surface area contributed by atoms with Crippen molar-refractivity contribution in [3.05, 3.63) is 29.3 Å². The molecule has 0 atom stereocenters. The van der Waals surface area contributed by atoms with Crippen molar-refractivity contribution < 1.29 is 9.53 Å². The normalized spacial score (nSPS) is 11.3. The fourth-order valence-electron chi connectivity index (χ4n) is 1.70. The standard InChI is InChI=1S/C15H22N2O2S/c1-5-16-15(17-6-2)20-10-13-9-12(11(3)18)7-8-14(13)19-4/h7-9H,5-6,10H2,1-4H3,(H,16,17). The Balaban J connectivity index is 2.86. The van der Waals surface area contributed by atoms with Crippen molar-refractivity contribution in [2.24, 2.45) is 4.99 Å². The lowest BCUT2D eigenvalue weighted by Gasteiger charge is -2.11. The number of carbonyl (C=O) groups is 1. The molecule has 0 aromatic heterocycles. The van der Waals surface area contributed by atoms with Crippen LogP contribution in [0.25, 0.3) is 0 Å². The molecule has 0 heterocycles. The van der Waals surface area contributed by atoms with Gasteiger partial charge in [-0.1, -0.05) is 11.8 Å². The average Bonchev–Trinajstić information content (AvgIpc) is 2.44. The van der Waals surface area contributed by atoms with Crippen LogP contribution in [0.4, 0.5) is 0 Å². The van der Waals surface area contributed by atoms with Crippen molar-refractivity contribution in [1.82, 2.24) is 5.32 Å². The maximum absolute atomic E-state index is 11.5. The summed E-state index contributed by atoms with van der Waals surface area (Å²) in [4.78, 5) is 15.9. The molecule has 1 aromatic rings. The topological polar surface area (TPSA) is 50.7 Å². The van der Waals surface area contributed by atoms with Crippen molar-refractivity contribution in [1.29, 1.82) is 0 Å². The smallest absolute Gasteiger partial charge is 0.159 e. The molecule has 20 heavy (non-hydrogen) atoms. The van der Waals surface area contributed by atoms with Crippen LogP contribution in [0.1, 0.15) is 36.7 Å². The molecule has 0 saturated heterocycles. The number of carbonyl (C=O) groups excluding carboxylic acids is 1. The van der Waals surface area contributed by atoms with Crippen LogP contribution in [0, 0.1) is 0 Å². The average molecular weight is 294 g/mol. The van der Waals surface area contributed by atoms with E-state index >= 15 is 0 Å². The summed E-state index contributed by atoms with van der Waals surface area (Å²) in [5, 5.41) is 4.16. The van der Waals surface area contributed by atoms with Crippen LogP contribution >= 0.6 is 11.8 Å². The fraction of sp³-hybridized carbons (Fsp3) is 0.467. The second kappa shape index (κ2) is 8.64. The number of hydrogen-bond acceptors (Lipinski definition) is 4. The third-order valence-electron chi connectivity index (χ3n) is 2.68. The van der Waals surface area contributed by atoms with Crippen LogP contribution in [-0.2, 0) is 5.75 Å². The summed E-state index contributed by atoms with van der Waals surface area (Å²) < 4.78 is 5.35. The minimum atomic E-state index is 0.0630. The van der Waals surface area contributed by atoms with Crippen molar-refractivity contribution in [2.75, 3.05) is 20.2 Å². The van der Waals surface area contributed by atoms with Crippen LogP contribution < -0.4 is 10.1 Å². The van der Waals surface area contributed by atoms with E-state index in [-0.39, 0.29) is 5.78 Å². The van der Waals surface area contributed by atoms with Crippen LogP contribution in [0.3, 0.4) is 0 Å². The Morgan fingerprint density at radius 3 is 2.70 bits per heavy atom. The van der Waals surface area contributed by atoms with Crippen LogP contribution in [0.2, 0.25) is 0 Å². The molecule has 1 rings (SSSR count). The molecule has 0 radical (unpaired) electrons. The lowest BCUT2D eigenvalue weighted by atomic mass is 10.1. The molecular formula is C15H22N2O2S. The minimum absolute atomic E-state index is 0.0630. The first-order valence-electron chi connectivity index (χ1n) is 6.71. The number of rotatable bonds is 6. The lowest BCUT2D eigenvalue weighted by molar-refractivity contribution is 0.101. The molecule has 0 fully saturated rings. The number of methoxy groups -OCH3 is 1. The van der Waals surface area contributed by atoms with Crippen LogP contribution in [0.5, 0.6) is 5.75 Å². The zero-order valence-corrected chi connectivity index (χ0v) is 13.3. The number of aliphatic imine (C=N–C) groups is 1. The fourth-order valence-corrected chi connectivity index (χ4v) is 2.69. The first kappa shape index (κ1) is 16.6. The highest BCUT2D eigenvalue weighted by molar-refractivity contribution is 8.13. The Kier molecular flexibility index (Phi) is 7.15. The highest BCUT2D eigenvalue weighted by atomic mass is 32.2. The van der Waals surface area contributed by atoms with Gasteiger partial charge in [0.1, 0.15) is 5.75 Å². The Morgan fingerprint density at radius 2 is 2.15 bits per heavy atom. The van der Waals surface area contributed by atoms with Gasteiger partial charge in [0.05, 0.1) is 7.11 Å². The lowest BCUT2D eigenvalue weighted by Crippen LogP contribution is -2.20. The van der Waals surface area contributed by atoms with E-state index in [2.05, 4.69) is 10.3 Å². The summed E-state index contributed by atoms with van der Waals surface area (Å²) in [6.07, 6.45) is 0. The Bertz CT molecular complexity index is 487. The van der Waals surface area contributed by atoms with Gasteiger partial charge in [-0.25, -0.2) is 0 Å². The van der Waals surface area contributed by atoms with Gasteiger partial charge in [-0.3, -0.25) is 9.79 Å². The first-order valence-corrected chi connectivity index (χ1v) is 7.69. The largest absolute Gasteiger partial charge is 0.496 e. The third kappa shape index (κ3) is 4.89. The number of nitrogens with zero attached hydrogens (tertiary/aromatic N) is 1. The maximum Gasteiger partial charge on any atom is 0.159 e. The number of nitrogens with one attached hydrogen (secondary N) is 1. The number of amidine groups is 1. The Labute approximate surface area is 125 Å². The van der Waals surface area contributed by atoms with Gasteiger partial charge < -0.3 is 10.1 Å². The molecule has 1 N–H and O–H groups in total. The summed E-state index contributed by atoms with van der Waals surface area (Å²) >= 11 is 1.62. The van der Waals surface area contributed by atoms with Crippen molar-refractivity contribution in [3.8, 4) is 5.75 Å².